The van der Waals surface area contributed by atoms with E-state index in [1.54, 1.807) is 5.48 Å². The summed E-state index contributed by atoms with van der Waals surface area (Å²) in [5.41, 5.74) is 1.76. The fourth-order valence-electron chi connectivity index (χ4n) is 0.124. The van der Waals surface area contributed by atoms with Gasteiger partial charge in [-0.25, -0.2) is 0 Å². The van der Waals surface area contributed by atoms with Gasteiger partial charge in [-0.2, -0.15) is 5.48 Å². The van der Waals surface area contributed by atoms with Crippen LogP contribution in [0.15, 0.2) is 12.7 Å². The smallest absolute Gasteiger partial charge is 0.320 e. The van der Waals surface area contributed by atoms with E-state index in [1.165, 1.54) is 0 Å². The Hall–Kier alpha value is -1.32. The van der Waals surface area contributed by atoms with Gasteiger partial charge in [0.05, 0.1) is 0 Å². The molecule has 0 aromatic rings. The number of rotatable bonds is 3. The maximum atomic E-state index is 10.1. The number of hydrogen-bond donors (Lipinski definition) is 1. The Labute approximate surface area is 46.1 Å². The monoisotopic (exact) mass is 115 g/mol. The van der Waals surface area contributed by atoms with Crippen molar-refractivity contribution in [3.05, 3.63) is 12.7 Å². The summed E-state index contributed by atoms with van der Waals surface area (Å²) < 4.78 is 0. The van der Waals surface area contributed by atoms with Gasteiger partial charge in [-0.05, 0) is 6.08 Å². The number of hydrogen-bond acceptors (Lipinski definition) is 3. The maximum absolute atomic E-state index is 10.1. The highest BCUT2D eigenvalue weighted by Gasteiger charge is 1.87. The highest BCUT2D eigenvalue weighted by molar-refractivity contribution is 5.86. The van der Waals surface area contributed by atoms with E-state index in [2.05, 4.69) is 11.4 Å². The lowest BCUT2D eigenvalue weighted by atomic mass is 10.6. The third kappa shape index (κ3) is 2.89. The Morgan fingerprint density at radius 2 is 2.38 bits per heavy atom. The predicted octanol–water partition coefficient (Wildman–Crippen LogP) is -0.623. The Morgan fingerprint density at radius 3 is 2.75 bits per heavy atom. The van der Waals surface area contributed by atoms with Gasteiger partial charge >= 0.3 is 6.47 Å². The molecule has 44 valence electrons. The van der Waals surface area contributed by atoms with Crippen molar-refractivity contribution >= 4 is 12.4 Å². The van der Waals surface area contributed by atoms with Crippen LogP contribution in [0.1, 0.15) is 0 Å². The van der Waals surface area contributed by atoms with Crippen molar-refractivity contribution in [2.45, 2.75) is 0 Å². The van der Waals surface area contributed by atoms with E-state index in [-0.39, 0.29) is 6.47 Å². The van der Waals surface area contributed by atoms with Crippen LogP contribution >= 0.6 is 0 Å². The van der Waals surface area contributed by atoms with Crippen molar-refractivity contribution in [2.75, 3.05) is 0 Å². The summed E-state index contributed by atoms with van der Waals surface area (Å²) >= 11 is 0. The first kappa shape index (κ1) is 6.68. The molecule has 0 aromatic carbocycles. The average molecular weight is 115 g/mol. The second kappa shape index (κ2) is 3.86. The zero-order valence-electron chi connectivity index (χ0n) is 4.09. The topological polar surface area (TPSA) is 55.4 Å². The van der Waals surface area contributed by atoms with Crippen LogP contribution in [-0.2, 0) is 14.4 Å². The van der Waals surface area contributed by atoms with Crippen LogP contribution in [0.3, 0.4) is 0 Å². The fourth-order valence-corrected chi connectivity index (χ4v) is 0.124. The van der Waals surface area contributed by atoms with Crippen molar-refractivity contribution in [1.29, 1.82) is 0 Å². The van der Waals surface area contributed by atoms with Crippen LogP contribution in [0.4, 0.5) is 0 Å². The van der Waals surface area contributed by atoms with E-state index in [1.807, 2.05) is 0 Å². The van der Waals surface area contributed by atoms with Crippen molar-refractivity contribution in [2.24, 2.45) is 0 Å². The minimum atomic E-state index is -0.544. The zero-order valence-corrected chi connectivity index (χ0v) is 4.09. The molecule has 0 aliphatic carbocycles. The molecule has 0 aromatic heterocycles. The predicted molar refractivity (Wildman–Crippen MR) is 25.5 cm³/mol. The molecule has 0 aliphatic heterocycles. The molecular formula is C4H5NO3. The van der Waals surface area contributed by atoms with Gasteiger partial charge in [0.25, 0.3) is 5.91 Å². The second-order valence-corrected chi connectivity index (χ2v) is 0.885. The third-order valence-corrected chi connectivity index (χ3v) is 0.393. The summed E-state index contributed by atoms with van der Waals surface area (Å²) in [6.45, 7) is 3.22. The molecule has 0 atom stereocenters. The minimum absolute atomic E-state index is 0.113. The van der Waals surface area contributed by atoms with Crippen LogP contribution in [0.25, 0.3) is 0 Å². The lowest BCUT2D eigenvalue weighted by Crippen LogP contribution is -2.19. The summed E-state index contributed by atoms with van der Waals surface area (Å²) in [7, 11) is 0. The molecule has 0 bridgehead atoms. The summed E-state index contributed by atoms with van der Waals surface area (Å²) in [5.74, 6) is -0.544. The number of amides is 1. The molecule has 0 saturated heterocycles. The molecule has 4 nitrogen and oxygen atoms in total. The molecule has 0 heterocycles. The summed E-state index contributed by atoms with van der Waals surface area (Å²) in [4.78, 5) is 23.2. The highest BCUT2D eigenvalue weighted by Crippen LogP contribution is 1.62. The second-order valence-electron chi connectivity index (χ2n) is 0.885. The summed E-state index contributed by atoms with van der Waals surface area (Å²) in [6.07, 6.45) is 0.990. The van der Waals surface area contributed by atoms with Gasteiger partial charge in [-0.15, -0.1) is 0 Å². The van der Waals surface area contributed by atoms with Gasteiger partial charge in [-0.1, -0.05) is 6.58 Å². The largest absolute Gasteiger partial charge is 0.344 e. The van der Waals surface area contributed by atoms with Crippen LogP contribution in [0.5, 0.6) is 0 Å². The Morgan fingerprint density at radius 1 is 1.75 bits per heavy atom. The van der Waals surface area contributed by atoms with Crippen LogP contribution in [-0.4, -0.2) is 12.4 Å². The first-order valence-electron chi connectivity index (χ1n) is 1.83. The molecule has 0 rings (SSSR count). The van der Waals surface area contributed by atoms with Crippen molar-refractivity contribution < 1.29 is 14.4 Å². The van der Waals surface area contributed by atoms with Gasteiger partial charge in [-0.3, -0.25) is 9.59 Å². The van der Waals surface area contributed by atoms with E-state index >= 15 is 0 Å². The molecule has 0 radical (unpaired) electrons. The number of carbonyl (C=O) groups excluding carboxylic acids is 2. The summed E-state index contributed by atoms with van der Waals surface area (Å²) in [5, 5.41) is 0. The lowest BCUT2D eigenvalue weighted by Gasteiger charge is -1.91. The van der Waals surface area contributed by atoms with Gasteiger partial charge in [0.15, 0.2) is 0 Å². The van der Waals surface area contributed by atoms with E-state index in [4.69, 9.17) is 0 Å². The molecule has 8 heavy (non-hydrogen) atoms. The molecule has 1 N–H and O–H groups in total. The van der Waals surface area contributed by atoms with Gasteiger partial charge in [0.2, 0.25) is 0 Å². The van der Waals surface area contributed by atoms with Crippen LogP contribution < -0.4 is 5.48 Å². The molecule has 0 saturated carbocycles. The van der Waals surface area contributed by atoms with Crippen molar-refractivity contribution in [1.82, 2.24) is 5.48 Å². The standard InChI is InChI=1S/C4H5NO3/c1-2-4(7)5-8-3-6/h2-3H,1H2,(H,5,7). The molecule has 0 fully saturated rings. The van der Waals surface area contributed by atoms with Crippen molar-refractivity contribution in [3.63, 3.8) is 0 Å². The lowest BCUT2D eigenvalue weighted by molar-refractivity contribution is -0.144. The number of carbonyl (C=O) groups is 2. The molecule has 1 amide bonds. The number of nitrogens with one attached hydrogen (secondary N) is 1. The highest BCUT2D eigenvalue weighted by atomic mass is 16.7. The average Bonchev–Trinajstić information content (AvgIpc) is 1.83. The van der Waals surface area contributed by atoms with E-state index in [0.29, 0.717) is 0 Å². The van der Waals surface area contributed by atoms with Gasteiger partial charge in [0.1, 0.15) is 0 Å². The third-order valence-electron chi connectivity index (χ3n) is 0.393. The maximum Gasteiger partial charge on any atom is 0.320 e. The SMILES string of the molecule is C=CC(=O)NOC=O. The normalized spacial score (nSPS) is 7.00. The minimum Gasteiger partial charge on any atom is -0.344 e. The Balaban J connectivity index is 3.24. The van der Waals surface area contributed by atoms with Crippen LogP contribution in [0, 0.1) is 0 Å². The first-order chi connectivity index (χ1) is 3.81. The first-order valence-corrected chi connectivity index (χ1v) is 1.83. The zero-order chi connectivity index (χ0) is 6.41. The molecule has 4 heteroatoms. The van der Waals surface area contributed by atoms with E-state index in [9.17, 15) is 9.59 Å². The molecule has 0 unspecified atom stereocenters. The Kier molecular flexibility index (Phi) is 3.22. The van der Waals surface area contributed by atoms with E-state index < -0.39 is 5.91 Å². The van der Waals surface area contributed by atoms with Crippen molar-refractivity contribution in [3.8, 4) is 0 Å². The van der Waals surface area contributed by atoms with Gasteiger partial charge < -0.3 is 4.84 Å². The molecule has 0 spiro atoms. The van der Waals surface area contributed by atoms with Crippen LogP contribution in [0.2, 0.25) is 0 Å². The number of hydroxylamine groups is 1. The molecule has 0 aliphatic rings. The Bertz CT molecular complexity index is 110. The van der Waals surface area contributed by atoms with E-state index in [0.717, 1.165) is 6.08 Å². The van der Waals surface area contributed by atoms with Gasteiger partial charge in [0, 0.05) is 0 Å². The quantitative estimate of drug-likeness (QED) is 0.303. The fraction of sp³-hybridized carbons (Fsp3) is 0. The summed E-state index contributed by atoms with van der Waals surface area (Å²) in [6, 6.07) is 0. The molecular weight excluding hydrogens is 110 g/mol.